The Labute approximate surface area is 137 Å². The maximum Gasteiger partial charge on any atom is 0.416 e. The summed E-state index contributed by atoms with van der Waals surface area (Å²) in [5.74, 6) is 0. The molecule has 0 aliphatic heterocycles. The van der Waals surface area contributed by atoms with E-state index in [1.54, 1.807) is 0 Å². The highest BCUT2D eigenvalue weighted by Crippen LogP contribution is 2.34. The van der Waals surface area contributed by atoms with Crippen LogP contribution in [0, 0.1) is 0 Å². The third-order valence-electron chi connectivity index (χ3n) is 2.94. The fraction of sp³-hybridized carbons (Fsp3) is 0.143. The summed E-state index contributed by atoms with van der Waals surface area (Å²) in [5, 5.41) is 7.35. The maximum atomic E-state index is 12.7. The number of carbonyl (C=O) groups excluding carboxylic acids is 1. The van der Waals surface area contributed by atoms with E-state index in [0.29, 0.717) is 16.8 Å². The van der Waals surface area contributed by atoms with Gasteiger partial charge in [0.1, 0.15) is 0 Å². The van der Waals surface area contributed by atoms with Gasteiger partial charge in [-0.2, -0.15) is 13.2 Å². The second kappa shape index (κ2) is 6.17. The van der Waals surface area contributed by atoms with Crippen molar-refractivity contribution in [2.24, 2.45) is 0 Å². The molecule has 3 aromatic rings. The highest BCUT2D eigenvalue weighted by molar-refractivity contribution is 7.22. The van der Waals surface area contributed by atoms with Gasteiger partial charge in [-0.1, -0.05) is 17.4 Å². The molecule has 0 aliphatic rings. The van der Waals surface area contributed by atoms with Crippen molar-refractivity contribution in [1.29, 1.82) is 0 Å². The number of hydrogen-bond donors (Lipinski definition) is 2. The van der Waals surface area contributed by atoms with Crippen molar-refractivity contribution >= 4 is 44.1 Å². The normalized spacial score (nSPS) is 11.6. The minimum atomic E-state index is -4.40. The Balaban J connectivity index is 1.69. The number of nitrogens with one attached hydrogen (secondary N) is 2. The second-order valence-corrected chi connectivity index (χ2v) is 6.65. The molecule has 120 valence electrons. The van der Waals surface area contributed by atoms with Gasteiger partial charge >= 0.3 is 12.2 Å². The van der Waals surface area contributed by atoms with Crippen molar-refractivity contribution in [1.82, 2.24) is 10.3 Å². The molecule has 1 aromatic carbocycles. The van der Waals surface area contributed by atoms with E-state index >= 15 is 0 Å². The smallest absolute Gasteiger partial charge is 0.333 e. The Hall–Kier alpha value is -2.13. The molecule has 0 saturated carbocycles. The highest BCUT2D eigenvalue weighted by Gasteiger charge is 2.30. The van der Waals surface area contributed by atoms with E-state index < -0.39 is 17.8 Å². The minimum Gasteiger partial charge on any atom is -0.333 e. The van der Waals surface area contributed by atoms with Crippen LogP contribution >= 0.6 is 22.7 Å². The molecule has 0 unspecified atom stereocenters. The van der Waals surface area contributed by atoms with Crippen molar-refractivity contribution in [3.05, 3.63) is 46.2 Å². The summed E-state index contributed by atoms with van der Waals surface area (Å²) in [6.45, 7) is 0.382. The molecule has 0 saturated heterocycles. The van der Waals surface area contributed by atoms with E-state index in [2.05, 4.69) is 15.6 Å². The van der Waals surface area contributed by atoms with Gasteiger partial charge in [0.05, 0.1) is 22.3 Å². The zero-order valence-electron chi connectivity index (χ0n) is 11.5. The first-order chi connectivity index (χ1) is 10.9. The van der Waals surface area contributed by atoms with Crippen LogP contribution in [0.5, 0.6) is 0 Å². The highest BCUT2D eigenvalue weighted by atomic mass is 32.1. The topological polar surface area (TPSA) is 54.0 Å². The average Bonchev–Trinajstić information content (AvgIpc) is 3.12. The third kappa shape index (κ3) is 3.80. The summed E-state index contributed by atoms with van der Waals surface area (Å²) >= 11 is 2.52. The molecule has 23 heavy (non-hydrogen) atoms. The first-order valence-electron chi connectivity index (χ1n) is 6.47. The predicted molar refractivity (Wildman–Crippen MR) is 84.8 cm³/mol. The number of alkyl halides is 3. The first-order valence-corrected chi connectivity index (χ1v) is 8.16. The largest absolute Gasteiger partial charge is 0.416 e. The number of urea groups is 1. The number of rotatable bonds is 3. The van der Waals surface area contributed by atoms with Gasteiger partial charge in [-0.3, -0.25) is 5.32 Å². The van der Waals surface area contributed by atoms with Crippen LogP contribution in [0.3, 0.4) is 0 Å². The van der Waals surface area contributed by atoms with Crippen LogP contribution in [-0.4, -0.2) is 11.0 Å². The number of thiophene rings is 1. The molecule has 9 heteroatoms. The lowest BCUT2D eigenvalue weighted by molar-refractivity contribution is -0.137. The third-order valence-corrected chi connectivity index (χ3v) is 4.75. The van der Waals surface area contributed by atoms with Crippen LogP contribution in [0.4, 0.5) is 23.1 Å². The van der Waals surface area contributed by atoms with Gasteiger partial charge < -0.3 is 5.32 Å². The number of halogens is 3. The fourth-order valence-electron chi connectivity index (χ4n) is 1.88. The lowest BCUT2D eigenvalue weighted by Crippen LogP contribution is -2.27. The zero-order chi connectivity index (χ0) is 16.4. The van der Waals surface area contributed by atoms with E-state index in [1.165, 1.54) is 17.4 Å². The number of aromatic nitrogens is 1. The monoisotopic (exact) mass is 357 g/mol. The summed E-state index contributed by atoms with van der Waals surface area (Å²) in [4.78, 5) is 16.9. The molecule has 0 atom stereocenters. The molecule has 0 spiro atoms. The summed E-state index contributed by atoms with van der Waals surface area (Å²) in [5.41, 5.74) is -0.320. The standard InChI is InChI=1S/C14H10F3N3OS2/c15-14(16,17)8-3-4-10-11(6-8)23-13(19-10)20-12(21)18-7-9-2-1-5-22-9/h1-6H,7H2,(H2,18,19,20,21). The van der Waals surface area contributed by atoms with Crippen LogP contribution in [-0.2, 0) is 12.7 Å². The van der Waals surface area contributed by atoms with Gasteiger partial charge in [0, 0.05) is 4.88 Å². The number of thiazole rings is 1. The van der Waals surface area contributed by atoms with Crippen LogP contribution in [0.25, 0.3) is 10.2 Å². The molecule has 4 nitrogen and oxygen atoms in total. The summed E-state index contributed by atoms with van der Waals surface area (Å²) < 4.78 is 38.4. The van der Waals surface area contributed by atoms with E-state index in [1.807, 2.05) is 17.5 Å². The minimum absolute atomic E-state index is 0.253. The number of hydrogen-bond acceptors (Lipinski definition) is 4. The van der Waals surface area contributed by atoms with Gasteiger partial charge in [-0.25, -0.2) is 9.78 Å². The Kier molecular flexibility index (Phi) is 4.22. The molecule has 0 radical (unpaired) electrons. The van der Waals surface area contributed by atoms with E-state index in [9.17, 15) is 18.0 Å². The van der Waals surface area contributed by atoms with Crippen molar-refractivity contribution in [2.75, 3.05) is 5.32 Å². The number of carbonyl (C=O) groups is 1. The Bertz CT molecular complexity index is 828. The lowest BCUT2D eigenvalue weighted by atomic mass is 10.2. The molecule has 0 aliphatic carbocycles. The number of amides is 2. The average molecular weight is 357 g/mol. The number of benzene rings is 1. The predicted octanol–water partition coefficient (Wildman–Crippen LogP) is 4.70. The molecule has 0 bridgehead atoms. The van der Waals surface area contributed by atoms with E-state index in [4.69, 9.17) is 0 Å². The summed E-state index contributed by atoms with van der Waals surface area (Å²) in [6.07, 6.45) is -4.40. The molecule has 2 N–H and O–H groups in total. The molecular weight excluding hydrogens is 347 g/mol. The first kappa shape index (κ1) is 15.8. The Morgan fingerprint density at radius 3 is 2.78 bits per heavy atom. The van der Waals surface area contributed by atoms with Crippen LogP contribution in [0.2, 0.25) is 0 Å². The number of fused-ring (bicyclic) bond motifs is 1. The fourth-order valence-corrected chi connectivity index (χ4v) is 3.42. The van der Waals surface area contributed by atoms with Gasteiger partial charge in [0.15, 0.2) is 5.13 Å². The SMILES string of the molecule is O=C(NCc1cccs1)Nc1nc2ccc(C(F)(F)F)cc2s1. The van der Waals surface area contributed by atoms with Crippen LogP contribution in [0.1, 0.15) is 10.4 Å². The van der Waals surface area contributed by atoms with Gasteiger partial charge in [-0.05, 0) is 29.6 Å². The van der Waals surface area contributed by atoms with Gasteiger partial charge in [0.2, 0.25) is 0 Å². The summed E-state index contributed by atoms with van der Waals surface area (Å²) in [6, 6.07) is 6.62. The second-order valence-electron chi connectivity index (χ2n) is 4.59. The molecule has 3 rings (SSSR count). The molecular formula is C14H10F3N3OS2. The molecule has 2 aromatic heterocycles. The van der Waals surface area contributed by atoms with Crippen molar-refractivity contribution in [3.63, 3.8) is 0 Å². The number of nitrogens with zero attached hydrogens (tertiary/aromatic N) is 1. The van der Waals surface area contributed by atoms with E-state index in [-0.39, 0.29) is 5.13 Å². The van der Waals surface area contributed by atoms with E-state index in [0.717, 1.165) is 28.3 Å². The van der Waals surface area contributed by atoms with Crippen LogP contribution in [0.15, 0.2) is 35.7 Å². The van der Waals surface area contributed by atoms with Gasteiger partial charge in [-0.15, -0.1) is 11.3 Å². The zero-order valence-corrected chi connectivity index (χ0v) is 13.1. The maximum absolute atomic E-state index is 12.7. The summed E-state index contributed by atoms with van der Waals surface area (Å²) in [7, 11) is 0. The van der Waals surface area contributed by atoms with Crippen LogP contribution < -0.4 is 10.6 Å². The van der Waals surface area contributed by atoms with Crippen molar-refractivity contribution in [2.45, 2.75) is 12.7 Å². The quantitative estimate of drug-likeness (QED) is 0.714. The molecule has 2 heterocycles. The van der Waals surface area contributed by atoms with Crippen molar-refractivity contribution in [3.8, 4) is 0 Å². The molecule has 2 amide bonds. The van der Waals surface area contributed by atoms with Gasteiger partial charge in [0.25, 0.3) is 0 Å². The molecule has 0 fully saturated rings. The van der Waals surface area contributed by atoms with Crippen molar-refractivity contribution < 1.29 is 18.0 Å². The lowest BCUT2D eigenvalue weighted by Gasteiger charge is -2.04. The Morgan fingerprint density at radius 1 is 1.26 bits per heavy atom. The Morgan fingerprint density at radius 2 is 2.09 bits per heavy atom. The number of anilines is 1.